The fourth-order valence-electron chi connectivity index (χ4n) is 3.68. The molecule has 0 fully saturated rings. The molecule has 1 aromatic heterocycles. The Morgan fingerprint density at radius 1 is 1.04 bits per heavy atom. The van der Waals surface area contributed by atoms with Gasteiger partial charge in [-0.25, -0.2) is 0 Å². The number of esters is 1. The van der Waals surface area contributed by atoms with Crippen molar-refractivity contribution in [1.82, 2.24) is 4.98 Å². The van der Waals surface area contributed by atoms with Gasteiger partial charge in [-0.1, -0.05) is 60.3 Å². The molecule has 0 saturated heterocycles. The van der Waals surface area contributed by atoms with Gasteiger partial charge in [0.2, 0.25) is 0 Å². The van der Waals surface area contributed by atoms with Gasteiger partial charge in [0.05, 0.1) is 16.2 Å². The van der Waals surface area contributed by atoms with Crippen LogP contribution < -0.4 is 4.74 Å². The van der Waals surface area contributed by atoms with Crippen LogP contribution in [0.3, 0.4) is 0 Å². The van der Waals surface area contributed by atoms with Crippen molar-refractivity contribution in [2.75, 3.05) is 0 Å². The summed E-state index contributed by atoms with van der Waals surface area (Å²) in [6.45, 7) is 0. The third-order valence-electron chi connectivity index (χ3n) is 4.72. The molecule has 5 rings (SSSR count). The van der Waals surface area contributed by atoms with Crippen molar-refractivity contribution in [3.05, 3.63) is 74.6 Å². The second-order valence-corrected chi connectivity index (χ2v) is 8.99. The van der Waals surface area contributed by atoms with Gasteiger partial charge in [-0.15, -0.1) is 11.3 Å². The van der Waals surface area contributed by atoms with Gasteiger partial charge in [0.1, 0.15) is 5.75 Å². The van der Waals surface area contributed by atoms with E-state index in [0.717, 1.165) is 25.0 Å². The van der Waals surface area contributed by atoms with Crippen molar-refractivity contribution >= 4 is 41.3 Å². The molecular formula is C19H13NO2S3. The fourth-order valence-corrected chi connectivity index (χ4v) is 6.71. The van der Waals surface area contributed by atoms with Crippen molar-refractivity contribution in [3.8, 4) is 5.75 Å². The van der Waals surface area contributed by atoms with E-state index in [1.807, 2.05) is 36.4 Å². The molecule has 2 aliphatic rings. The number of para-hydroxylation sites is 1. The molecule has 0 radical (unpaired) electrons. The minimum Gasteiger partial charge on any atom is -0.426 e. The summed E-state index contributed by atoms with van der Waals surface area (Å²) in [6.07, 6.45) is 0. The molecule has 0 aliphatic carbocycles. The lowest BCUT2D eigenvalue weighted by atomic mass is 9.78. The lowest BCUT2D eigenvalue weighted by Gasteiger charge is -2.39. The third-order valence-corrected chi connectivity index (χ3v) is 7.54. The third kappa shape index (κ3) is 2.39. The van der Waals surface area contributed by atoms with Crippen molar-refractivity contribution < 1.29 is 9.53 Å². The van der Waals surface area contributed by atoms with Gasteiger partial charge in [-0.2, -0.15) is 0 Å². The van der Waals surface area contributed by atoms with Gasteiger partial charge in [0, 0.05) is 16.4 Å². The van der Waals surface area contributed by atoms with E-state index in [0.29, 0.717) is 5.75 Å². The molecule has 0 spiro atoms. The molecule has 1 N–H and O–H groups in total. The van der Waals surface area contributed by atoms with Crippen LogP contribution >= 0.6 is 35.3 Å². The molecule has 2 aliphatic heterocycles. The minimum absolute atomic E-state index is 0.000180. The van der Waals surface area contributed by atoms with Gasteiger partial charge in [-0.3, -0.25) is 4.79 Å². The number of thiazole rings is 1. The van der Waals surface area contributed by atoms with E-state index in [2.05, 4.69) is 23.2 Å². The number of rotatable bonds is 1. The molecule has 0 amide bonds. The normalized spacial score (nSPS) is 24.0. The van der Waals surface area contributed by atoms with Crippen LogP contribution in [0.1, 0.15) is 27.2 Å². The number of fused-ring (bicyclic) bond motifs is 5. The predicted molar refractivity (Wildman–Crippen MR) is 102 cm³/mol. The van der Waals surface area contributed by atoms with E-state index in [9.17, 15) is 4.79 Å². The Morgan fingerprint density at radius 3 is 2.64 bits per heavy atom. The van der Waals surface area contributed by atoms with Gasteiger partial charge in [-0.05, 0) is 23.8 Å². The Morgan fingerprint density at radius 2 is 1.80 bits per heavy atom. The highest BCUT2D eigenvalue weighted by Crippen LogP contribution is 2.59. The second-order valence-electron chi connectivity index (χ2n) is 6.12. The molecule has 3 heterocycles. The van der Waals surface area contributed by atoms with Crippen LogP contribution in [-0.2, 0) is 4.79 Å². The average Bonchev–Trinajstić information content (AvgIpc) is 3.01. The zero-order chi connectivity index (χ0) is 17.0. The number of carbonyl (C=O) groups excluding carboxylic acids is 1. The number of nitrogens with one attached hydrogen (secondary N) is 1. The van der Waals surface area contributed by atoms with E-state index in [4.69, 9.17) is 17.0 Å². The maximum absolute atomic E-state index is 12.9. The lowest BCUT2D eigenvalue weighted by molar-refractivity contribution is -0.140. The molecule has 25 heavy (non-hydrogen) atoms. The van der Waals surface area contributed by atoms with Crippen LogP contribution in [-0.4, -0.2) is 11.0 Å². The summed E-state index contributed by atoms with van der Waals surface area (Å²) in [5.74, 6) is 0.237. The van der Waals surface area contributed by atoms with Crippen LogP contribution in [0, 0.1) is 9.87 Å². The van der Waals surface area contributed by atoms with Crippen molar-refractivity contribution in [2.45, 2.75) is 16.2 Å². The van der Waals surface area contributed by atoms with Crippen LogP contribution in [0.2, 0.25) is 0 Å². The molecule has 3 atom stereocenters. The van der Waals surface area contributed by atoms with Crippen LogP contribution in [0.5, 0.6) is 5.75 Å². The van der Waals surface area contributed by atoms with Crippen LogP contribution in [0.15, 0.2) is 59.6 Å². The Hall–Kier alpha value is -1.89. The van der Waals surface area contributed by atoms with E-state index in [1.54, 1.807) is 23.1 Å². The molecule has 2 aromatic carbocycles. The van der Waals surface area contributed by atoms with Crippen molar-refractivity contribution in [1.29, 1.82) is 0 Å². The van der Waals surface area contributed by atoms with E-state index in [-0.39, 0.29) is 23.1 Å². The molecule has 3 aromatic rings. The predicted octanol–water partition coefficient (Wildman–Crippen LogP) is 5.32. The maximum atomic E-state index is 12.9. The monoisotopic (exact) mass is 383 g/mol. The molecule has 0 saturated carbocycles. The van der Waals surface area contributed by atoms with Gasteiger partial charge < -0.3 is 9.72 Å². The van der Waals surface area contributed by atoms with Gasteiger partial charge in [0.15, 0.2) is 3.95 Å². The quantitative estimate of drug-likeness (QED) is 0.351. The minimum atomic E-state index is -0.253. The summed E-state index contributed by atoms with van der Waals surface area (Å²) in [5, 5.41) is 1.08. The first kappa shape index (κ1) is 15.4. The number of thioether (sulfide) groups is 1. The first-order chi connectivity index (χ1) is 12.2. The largest absolute Gasteiger partial charge is 0.426 e. The molecule has 0 bridgehead atoms. The number of benzene rings is 2. The number of ether oxygens (including phenoxy) is 1. The first-order valence-corrected chi connectivity index (χ1v) is 10.1. The number of hydrogen-bond donors (Lipinski definition) is 1. The van der Waals surface area contributed by atoms with Crippen molar-refractivity contribution in [3.63, 3.8) is 0 Å². The standard InChI is InChI=1S/C19H13NO2S3/c21-18-14-13(11-8-4-5-9-12(11)22-18)16-17(20-19(23)25-16)24-15(14)10-6-2-1-3-7-10/h1-9,13-15H,(H,20,23)/t13-,14+,15-/m1/s1. The van der Waals surface area contributed by atoms with Crippen LogP contribution in [0.4, 0.5) is 0 Å². The smallest absolute Gasteiger partial charge is 0.316 e. The number of aromatic amines is 1. The van der Waals surface area contributed by atoms with E-state index < -0.39 is 0 Å². The number of hydrogen-bond acceptors (Lipinski definition) is 5. The fraction of sp³-hybridized carbons (Fsp3) is 0.158. The highest BCUT2D eigenvalue weighted by atomic mass is 32.2. The molecule has 3 nitrogen and oxygen atoms in total. The van der Waals surface area contributed by atoms with E-state index >= 15 is 0 Å². The molecule has 6 heteroatoms. The summed E-state index contributed by atoms with van der Waals surface area (Å²) in [4.78, 5) is 17.4. The SMILES string of the molecule is O=C1Oc2ccccc2[C@H]2c3sc(=S)[nH]c3S[C@H](c3ccccc3)[C@@H]12. The zero-order valence-corrected chi connectivity index (χ0v) is 15.4. The number of carbonyl (C=O) groups is 1. The van der Waals surface area contributed by atoms with Gasteiger partial charge in [0.25, 0.3) is 0 Å². The average molecular weight is 384 g/mol. The van der Waals surface area contributed by atoms with Crippen molar-refractivity contribution in [2.24, 2.45) is 5.92 Å². The summed E-state index contributed by atoms with van der Waals surface area (Å²) < 4.78 is 6.44. The number of H-pyrrole nitrogens is 1. The Balaban J connectivity index is 1.75. The first-order valence-electron chi connectivity index (χ1n) is 7.97. The maximum Gasteiger partial charge on any atom is 0.316 e. The summed E-state index contributed by atoms with van der Waals surface area (Å²) in [7, 11) is 0. The van der Waals surface area contributed by atoms with Crippen LogP contribution in [0.25, 0.3) is 0 Å². The summed E-state index contributed by atoms with van der Waals surface area (Å²) in [6, 6.07) is 18.0. The highest BCUT2D eigenvalue weighted by molar-refractivity contribution is 7.99. The highest BCUT2D eigenvalue weighted by Gasteiger charge is 2.49. The summed E-state index contributed by atoms with van der Waals surface area (Å²) >= 11 is 8.64. The Kier molecular flexibility index (Phi) is 3.58. The Labute approximate surface area is 158 Å². The summed E-state index contributed by atoms with van der Waals surface area (Å²) in [5.41, 5.74) is 2.20. The second kappa shape index (κ2) is 5.83. The zero-order valence-electron chi connectivity index (χ0n) is 13.0. The molecular weight excluding hydrogens is 370 g/mol. The van der Waals surface area contributed by atoms with E-state index in [1.165, 1.54) is 0 Å². The van der Waals surface area contributed by atoms with Gasteiger partial charge >= 0.3 is 5.97 Å². The Bertz CT molecular complexity index is 1020. The number of aromatic nitrogens is 1. The lowest BCUT2D eigenvalue weighted by Crippen LogP contribution is -2.37. The molecule has 124 valence electrons. The topological polar surface area (TPSA) is 42.1 Å². The molecule has 0 unspecified atom stereocenters.